The molecular weight excluding hydrogens is 418 g/mol. The quantitative estimate of drug-likeness (QED) is 0.386. The Morgan fingerprint density at radius 1 is 0.909 bits per heavy atom. The van der Waals surface area contributed by atoms with E-state index in [-0.39, 0.29) is 12.3 Å². The fourth-order valence-corrected chi connectivity index (χ4v) is 3.66. The minimum Gasteiger partial charge on any atom is -0.489 e. The Labute approximate surface area is 190 Å². The molecule has 0 N–H and O–H groups in total. The summed E-state index contributed by atoms with van der Waals surface area (Å²) < 4.78 is 16.5. The molecule has 0 fully saturated rings. The summed E-state index contributed by atoms with van der Waals surface area (Å²) in [6, 6.07) is 19.6. The van der Waals surface area contributed by atoms with Gasteiger partial charge in [-0.3, -0.25) is 4.40 Å². The molecule has 2 aromatic carbocycles. The van der Waals surface area contributed by atoms with Crippen LogP contribution < -0.4 is 15.2 Å². The third-order valence-electron chi connectivity index (χ3n) is 5.36. The van der Waals surface area contributed by atoms with E-state index in [1.54, 1.807) is 52.4 Å². The molecule has 0 radical (unpaired) electrons. The zero-order valence-electron chi connectivity index (χ0n) is 18.4. The van der Waals surface area contributed by atoms with Crippen molar-refractivity contribution >= 4 is 5.65 Å². The Morgan fingerprint density at radius 3 is 2.55 bits per heavy atom. The standard InChI is InChI=1S/C25H23N5O3/c1-28-15-22(19-9-6-10-21(13-19)32-16-18-7-4-3-5-8-18)24-27-20(14-30(24)25(28)31)17-33-23-11-12-26-29(23)2/h3-15H,16-17H2,1-2H3. The average molecular weight is 441 g/mol. The van der Waals surface area contributed by atoms with E-state index < -0.39 is 0 Å². The topological polar surface area (TPSA) is 75.6 Å². The normalized spacial score (nSPS) is 11.1. The molecule has 0 amide bonds. The van der Waals surface area contributed by atoms with Gasteiger partial charge < -0.3 is 14.0 Å². The van der Waals surface area contributed by atoms with Gasteiger partial charge in [-0.05, 0) is 23.3 Å². The van der Waals surface area contributed by atoms with E-state index in [1.807, 2.05) is 54.6 Å². The number of nitrogens with zero attached hydrogens (tertiary/aromatic N) is 5. The van der Waals surface area contributed by atoms with E-state index in [4.69, 9.17) is 14.5 Å². The largest absolute Gasteiger partial charge is 0.489 e. The highest BCUT2D eigenvalue weighted by molar-refractivity contribution is 5.77. The Bertz CT molecular complexity index is 1470. The molecule has 33 heavy (non-hydrogen) atoms. The van der Waals surface area contributed by atoms with Crippen molar-refractivity contribution in [2.75, 3.05) is 0 Å². The van der Waals surface area contributed by atoms with E-state index in [0.717, 1.165) is 22.4 Å². The lowest BCUT2D eigenvalue weighted by Crippen LogP contribution is -2.23. The smallest absolute Gasteiger partial charge is 0.333 e. The summed E-state index contributed by atoms with van der Waals surface area (Å²) in [5.41, 5.74) is 3.88. The van der Waals surface area contributed by atoms with Crippen LogP contribution >= 0.6 is 0 Å². The Hall–Kier alpha value is -4.33. The maximum Gasteiger partial charge on any atom is 0.333 e. The molecule has 0 aliphatic carbocycles. The molecule has 166 valence electrons. The van der Waals surface area contributed by atoms with Gasteiger partial charge in [0.15, 0.2) is 5.65 Å². The molecule has 0 saturated heterocycles. The SMILES string of the molecule is Cn1nccc1OCc1cn2c(=O)n(C)cc(-c3cccc(OCc4ccccc4)c3)c2n1. The molecule has 5 rings (SSSR count). The molecule has 5 aromatic rings. The highest BCUT2D eigenvalue weighted by Gasteiger charge is 2.14. The van der Waals surface area contributed by atoms with Gasteiger partial charge in [-0.25, -0.2) is 14.5 Å². The molecule has 0 aliphatic rings. The summed E-state index contributed by atoms with van der Waals surface area (Å²) in [7, 11) is 3.53. The lowest BCUT2D eigenvalue weighted by Gasteiger charge is -2.10. The number of hydrogen-bond acceptors (Lipinski definition) is 5. The number of benzene rings is 2. The van der Waals surface area contributed by atoms with Crippen molar-refractivity contribution in [1.29, 1.82) is 0 Å². The molecule has 3 aromatic heterocycles. The fourth-order valence-electron chi connectivity index (χ4n) is 3.66. The molecule has 3 heterocycles. The zero-order valence-corrected chi connectivity index (χ0v) is 18.4. The van der Waals surface area contributed by atoms with E-state index in [2.05, 4.69) is 5.10 Å². The minimum atomic E-state index is -0.176. The molecule has 0 unspecified atom stereocenters. The molecule has 0 bridgehead atoms. The van der Waals surface area contributed by atoms with Crippen molar-refractivity contribution in [2.24, 2.45) is 14.1 Å². The maximum atomic E-state index is 12.7. The van der Waals surface area contributed by atoms with Crippen molar-refractivity contribution in [1.82, 2.24) is 23.7 Å². The summed E-state index contributed by atoms with van der Waals surface area (Å²) in [4.78, 5) is 17.4. The minimum absolute atomic E-state index is 0.176. The number of hydrogen-bond donors (Lipinski definition) is 0. The van der Waals surface area contributed by atoms with E-state index >= 15 is 0 Å². The van der Waals surface area contributed by atoms with Crippen LogP contribution in [0, 0.1) is 0 Å². The van der Waals surface area contributed by atoms with Crippen LogP contribution in [0.5, 0.6) is 11.6 Å². The van der Waals surface area contributed by atoms with Crippen molar-refractivity contribution in [3.8, 4) is 22.8 Å². The van der Waals surface area contributed by atoms with Gasteiger partial charge in [0.05, 0.1) is 11.9 Å². The first-order valence-electron chi connectivity index (χ1n) is 10.5. The molecular formula is C25H23N5O3. The third-order valence-corrected chi connectivity index (χ3v) is 5.36. The van der Waals surface area contributed by atoms with Gasteiger partial charge >= 0.3 is 5.69 Å². The van der Waals surface area contributed by atoms with E-state index in [1.165, 1.54) is 0 Å². The number of imidazole rings is 1. The monoisotopic (exact) mass is 441 g/mol. The summed E-state index contributed by atoms with van der Waals surface area (Å²) in [5, 5.41) is 4.09. The van der Waals surface area contributed by atoms with Crippen molar-refractivity contribution in [3.63, 3.8) is 0 Å². The summed E-state index contributed by atoms with van der Waals surface area (Å²) in [6.45, 7) is 0.704. The molecule has 0 atom stereocenters. The fraction of sp³-hybridized carbons (Fsp3) is 0.160. The summed E-state index contributed by atoms with van der Waals surface area (Å²) in [6.07, 6.45) is 5.18. The van der Waals surface area contributed by atoms with Crippen LogP contribution in [0.3, 0.4) is 0 Å². The highest BCUT2D eigenvalue weighted by Crippen LogP contribution is 2.27. The van der Waals surface area contributed by atoms with Crippen LogP contribution in [-0.4, -0.2) is 23.7 Å². The molecule has 8 nitrogen and oxygen atoms in total. The average Bonchev–Trinajstić information content (AvgIpc) is 3.46. The first kappa shape index (κ1) is 20.6. The Kier molecular flexibility index (Phi) is 5.40. The summed E-state index contributed by atoms with van der Waals surface area (Å²) in [5.74, 6) is 1.37. The van der Waals surface area contributed by atoms with Crippen LogP contribution in [0.15, 0.2) is 84.0 Å². The molecule has 0 aliphatic heterocycles. The molecule has 0 spiro atoms. The van der Waals surface area contributed by atoms with Crippen LogP contribution in [-0.2, 0) is 27.3 Å². The van der Waals surface area contributed by atoms with Gasteiger partial charge in [0, 0.05) is 38.1 Å². The first-order chi connectivity index (χ1) is 16.1. The first-order valence-corrected chi connectivity index (χ1v) is 10.5. The summed E-state index contributed by atoms with van der Waals surface area (Å²) >= 11 is 0. The Morgan fingerprint density at radius 2 is 1.76 bits per heavy atom. The molecule has 0 saturated carbocycles. The van der Waals surface area contributed by atoms with Crippen molar-refractivity contribution in [3.05, 3.63) is 101 Å². The second-order valence-electron chi connectivity index (χ2n) is 7.75. The number of fused-ring (bicyclic) bond motifs is 1. The predicted octanol–water partition coefficient (Wildman–Crippen LogP) is 3.59. The van der Waals surface area contributed by atoms with Crippen LogP contribution in [0.1, 0.15) is 11.3 Å². The van der Waals surface area contributed by atoms with Gasteiger partial charge in [-0.1, -0.05) is 42.5 Å². The third kappa shape index (κ3) is 4.23. The van der Waals surface area contributed by atoms with Crippen LogP contribution in [0.4, 0.5) is 0 Å². The highest BCUT2D eigenvalue weighted by atomic mass is 16.5. The number of aryl methyl sites for hydroxylation is 2. The number of rotatable bonds is 7. The number of aromatic nitrogens is 5. The maximum absolute atomic E-state index is 12.7. The van der Waals surface area contributed by atoms with E-state index in [0.29, 0.717) is 23.8 Å². The van der Waals surface area contributed by atoms with Gasteiger partial charge in [0.25, 0.3) is 0 Å². The Balaban J connectivity index is 1.46. The van der Waals surface area contributed by atoms with Gasteiger partial charge in [-0.2, -0.15) is 5.10 Å². The van der Waals surface area contributed by atoms with Crippen LogP contribution in [0.2, 0.25) is 0 Å². The zero-order chi connectivity index (χ0) is 22.8. The van der Waals surface area contributed by atoms with Crippen LogP contribution in [0.25, 0.3) is 16.8 Å². The lowest BCUT2D eigenvalue weighted by atomic mass is 10.1. The second-order valence-corrected chi connectivity index (χ2v) is 7.75. The van der Waals surface area contributed by atoms with Crippen molar-refractivity contribution < 1.29 is 9.47 Å². The van der Waals surface area contributed by atoms with Crippen molar-refractivity contribution in [2.45, 2.75) is 13.2 Å². The molecule has 8 heteroatoms. The predicted molar refractivity (Wildman–Crippen MR) is 124 cm³/mol. The second kappa shape index (κ2) is 8.66. The van der Waals surface area contributed by atoms with Gasteiger partial charge in [0.1, 0.15) is 19.0 Å². The van der Waals surface area contributed by atoms with Gasteiger partial charge in [0.2, 0.25) is 5.88 Å². The lowest BCUT2D eigenvalue weighted by molar-refractivity contribution is 0.275. The van der Waals surface area contributed by atoms with Gasteiger partial charge in [-0.15, -0.1) is 0 Å². The number of ether oxygens (including phenoxy) is 2. The van der Waals surface area contributed by atoms with E-state index in [9.17, 15) is 4.79 Å².